The van der Waals surface area contributed by atoms with Crippen LogP contribution in [0.2, 0.25) is 10.0 Å². The number of thiazole rings is 1. The fourth-order valence-corrected chi connectivity index (χ4v) is 5.22. The molecule has 2 aromatic heterocycles. The third kappa shape index (κ3) is 7.57. The highest BCUT2D eigenvalue weighted by Crippen LogP contribution is 2.28. The minimum atomic E-state index is -0.442. The summed E-state index contributed by atoms with van der Waals surface area (Å²) in [7, 11) is 0. The van der Waals surface area contributed by atoms with E-state index in [4.69, 9.17) is 32.7 Å². The van der Waals surface area contributed by atoms with Crippen molar-refractivity contribution in [2.75, 3.05) is 24.3 Å². The van der Waals surface area contributed by atoms with Crippen molar-refractivity contribution in [1.29, 1.82) is 0 Å². The maximum absolute atomic E-state index is 12.4. The Morgan fingerprint density at radius 3 is 2.74 bits per heavy atom. The van der Waals surface area contributed by atoms with Crippen LogP contribution in [-0.4, -0.2) is 50.6 Å². The Labute approximate surface area is 221 Å². The van der Waals surface area contributed by atoms with E-state index in [0.29, 0.717) is 62.6 Å². The van der Waals surface area contributed by atoms with Crippen molar-refractivity contribution in [2.24, 2.45) is 0 Å². The molecule has 1 N–H and O–H groups in total. The molecule has 13 heteroatoms. The molecule has 0 aliphatic heterocycles. The Kier molecular flexibility index (Phi) is 10.2. The van der Waals surface area contributed by atoms with Gasteiger partial charge >= 0.3 is 5.97 Å². The van der Waals surface area contributed by atoms with Crippen molar-refractivity contribution in [3.63, 3.8) is 0 Å². The highest BCUT2D eigenvalue weighted by Gasteiger charge is 2.18. The Morgan fingerprint density at radius 1 is 1.23 bits per heavy atom. The number of hydrogen-bond acceptors (Lipinski definition) is 9. The van der Waals surface area contributed by atoms with Gasteiger partial charge in [0.2, 0.25) is 5.91 Å². The molecule has 0 unspecified atom stereocenters. The number of benzene rings is 1. The fourth-order valence-electron chi connectivity index (χ4n) is 3.05. The number of hydrogen-bond donors (Lipinski definition) is 1. The highest BCUT2D eigenvalue weighted by molar-refractivity contribution is 7.99. The molecule has 0 spiro atoms. The van der Waals surface area contributed by atoms with Gasteiger partial charge in [0.05, 0.1) is 29.7 Å². The number of halogens is 2. The van der Waals surface area contributed by atoms with Crippen LogP contribution in [0.15, 0.2) is 23.4 Å². The Morgan fingerprint density at radius 2 is 2.03 bits per heavy atom. The first-order valence-corrected chi connectivity index (χ1v) is 13.4. The molecule has 0 bridgehead atoms. The maximum atomic E-state index is 12.4. The van der Waals surface area contributed by atoms with Gasteiger partial charge in [0.15, 0.2) is 10.3 Å². The molecule has 1 aromatic carbocycles. The van der Waals surface area contributed by atoms with Gasteiger partial charge in [-0.15, -0.1) is 10.2 Å². The lowest BCUT2D eigenvalue weighted by Crippen LogP contribution is -2.14. The van der Waals surface area contributed by atoms with Crippen molar-refractivity contribution in [3.8, 4) is 5.75 Å². The summed E-state index contributed by atoms with van der Waals surface area (Å²) in [5.41, 5.74) is 0.522. The second kappa shape index (κ2) is 13.1. The molecule has 0 saturated carbocycles. The van der Waals surface area contributed by atoms with Gasteiger partial charge in [0.1, 0.15) is 16.5 Å². The van der Waals surface area contributed by atoms with E-state index in [1.54, 1.807) is 32.0 Å². The molecular weight excluding hydrogens is 533 g/mol. The van der Waals surface area contributed by atoms with E-state index in [-0.39, 0.29) is 18.3 Å². The number of nitrogens with one attached hydrogen (secondary N) is 1. The van der Waals surface area contributed by atoms with Crippen molar-refractivity contribution in [3.05, 3.63) is 44.6 Å². The zero-order chi connectivity index (χ0) is 25.4. The quantitative estimate of drug-likeness (QED) is 0.182. The Balaban J connectivity index is 1.49. The van der Waals surface area contributed by atoms with Crippen LogP contribution in [-0.2, 0) is 22.5 Å². The van der Waals surface area contributed by atoms with Gasteiger partial charge in [-0.1, -0.05) is 46.3 Å². The third-order valence-electron chi connectivity index (χ3n) is 4.64. The maximum Gasteiger partial charge on any atom is 0.350 e. The van der Waals surface area contributed by atoms with E-state index >= 15 is 0 Å². The minimum Gasteiger partial charge on any atom is -0.492 e. The van der Waals surface area contributed by atoms with Gasteiger partial charge in [-0.3, -0.25) is 4.79 Å². The van der Waals surface area contributed by atoms with E-state index in [9.17, 15) is 9.59 Å². The minimum absolute atomic E-state index is 0.129. The number of ether oxygens (including phenoxy) is 2. The molecule has 188 valence electrons. The molecule has 1 amide bonds. The number of thioether (sulfide) groups is 1. The molecule has 0 radical (unpaired) electrons. The fraction of sp³-hybridized carbons (Fsp3) is 0.409. The first-order valence-electron chi connectivity index (χ1n) is 10.9. The summed E-state index contributed by atoms with van der Waals surface area (Å²) in [5.74, 6) is 0.835. The SMILES string of the molecule is CCOC(=O)c1sc(NC(=O)CSc2nnc(CCCOc3ccc(Cl)cc3Cl)n2CC)nc1C. The molecule has 0 aliphatic carbocycles. The molecular formula is C22H25Cl2N5O4S2. The van der Waals surface area contributed by atoms with Crippen LogP contribution in [0.25, 0.3) is 0 Å². The number of aromatic nitrogens is 4. The number of esters is 1. The van der Waals surface area contributed by atoms with E-state index in [2.05, 4.69) is 20.5 Å². The lowest BCUT2D eigenvalue weighted by Gasteiger charge is -2.09. The zero-order valence-corrected chi connectivity index (χ0v) is 22.6. The molecule has 0 atom stereocenters. The molecule has 0 aliphatic rings. The van der Waals surface area contributed by atoms with Gasteiger partial charge in [-0.25, -0.2) is 9.78 Å². The summed E-state index contributed by atoms with van der Waals surface area (Å²) >= 11 is 14.4. The summed E-state index contributed by atoms with van der Waals surface area (Å²) in [6, 6.07) is 5.11. The molecule has 0 saturated heterocycles. The number of aryl methyl sites for hydroxylation is 2. The van der Waals surface area contributed by atoms with Gasteiger partial charge < -0.3 is 19.4 Å². The number of rotatable bonds is 12. The lowest BCUT2D eigenvalue weighted by atomic mass is 10.3. The summed E-state index contributed by atoms with van der Waals surface area (Å²) in [6.07, 6.45) is 1.38. The second-order valence-electron chi connectivity index (χ2n) is 7.16. The van der Waals surface area contributed by atoms with Crippen LogP contribution in [0.1, 0.15) is 41.5 Å². The van der Waals surface area contributed by atoms with Gasteiger partial charge in [-0.2, -0.15) is 0 Å². The zero-order valence-electron chi connectivity index (χ0n) is 19.5. The van der Waals surface area contributed by atoms with E-state index < -0.39 is 5.97 Å². The van der Waals surface area contributed by atoms with Gasteiger partial charge in [0.25, 0.3) is 0 Å². The average molecular weight is 559 g/mol. The first kappa shape index (κ1) is 27.3. The van der Waals surface area contributed by atoms with Crippen LogP contribution >= 0.6 is 46.3 Å². The lowest BCUT2D eigenvalue weighted by molar-refractivity contribution is -0.113. The predicted octanol–water partition coefficient (Wildman–Crippen LogP) is 5.29. The third-order valence-corrected chi connectivity index (χ3v) is 7.19. The van der Waals surface area contributed by atoms with Crippen molar-refractivity contribution >= 4 is 63.3 Å². The number of carbonyl (C=O) groups excluding carboxylic acids is 2. The molecule has 3 rings (SSSR count). The predicted molar refractivity (Wildman–Crippen MR) is 138 cm³/mol. The number of amides is 1. The molecule has 9 nitrogen and oxygen atoms in total. The molecule has 3 aromatic rings. The van der Waals surface area contributed by atoms with Crippen molar-refractivity contribution in [1.82, 2.24) is 19.7 Å². The number of nitrogens with zero attached hydrogens (tertiary/aromatic N) is 4. The standard InChI is InChI=1S/C22H25Cl2N5O4S2/c1-4-29-17(7-6-10-33-16-9-8-14(23)11-15(16)24)27-28-22(29)34-12-18(30)26-21-25-13(3)19(35-21)20(31)32-5-2/h8-9,11H,4-7,10,12H2,1-3H3,(H,25,26,30). The summed E-state index contributed by atoms with van der Waals surface area (Å²) in [4.78, 5) is 29.0. The largest absolute Gasteiger partial charge is 0.492 e. The number of carbonyl (C=O) groups is 2. The van der Waals surface area contributed by atoms with Gasteiger partial charge in [-0.05, 0) is 45.4 Å². The monoisotopic (exact) mass is 557 g/mol. The summed E-state index contributed by atoms with van der Waals surface area (Å²) in [6.45, 7) is 6.84. The highest BCUT2D eigenvalue weighted by atomic mass is 35.5. The normalized spacial score (nSPS) is 10.9. The molecule has 2 heterocycles. The van der Waals surface area contributed by atoms with Gasteiger partial charge in [0, 0.05) is 18.0 Å². The van der Waals surface area contributed by atoms with E-state index in [1.807, 2.05) is 11.5 Å². The van der Waals surface area contributed by atoms with Crippen molar-refractivity contribution in [2.45, 2.75) is 45.3 Å². The summed E-state index contributed by atoms with van der Waals surface area (Å²) in [5, 5.41) is 13.3. The van der Waals surface area contributed by atoms with Crippen LogP contribution in [0.5, 0.6) is 5.75 Å². The molecule has 0 fully saturated rings. The Hall–Kier alpha value is -2.34. The summed E-state index contributed by atoms with van der Waals surface area (Å²) < 4.78 is 12.7. The Bertz CT molecular complexity index is 1180. The first-order chi connectivity index (χ1) is 16.8. The smallest absolute Gasteiger partial charge is 0.350 e. The molecule has 35 heavy (non-hydrogen) atoms. The van der Waals surface area contributed by atoms with E-state index in [1.165, 1.54) is 11.8 Å². The topological polar surface area (TPSA) is 108 Å². The number of anilines is 1. The van der Waals surface area contributed by atoms with Crippen molar-refractivity contribution < 1.29 is 19.1 Å². The van der Waals surface area contributed by atoms with Crippen LogP contribution in [0.3, 0.4) is 0 Å². The van der Waals surface area contributed by atoms with Crippen LogP contribution in [0.4, 0.5) is 5.13 Å². The van der Waals surface area contributed by atoms with E-state index in [0.717, 1.165) is 17.2 Å². The van der Waals surface area contributed by atoms with Crippen LogP contribution < -0.4 is 10.1 Å². The average Bonchev–Trinajstić information content (AvgIpc) is 3.38. The van der Waals surface area contributed by atoms with Crippen LogP contribution in [0, 0.1) is 6.92 Å². The second-order valence-corrected chi connectivity index (χ2v) is 9.95.